The summed E-state index contributed by atoms with van der Waals surface area (Å²) >= 11 is 5.85. The zero-order valence-corrected chi connectivity index (χ0v) is 11.3. The summed E-state index contributed by atoms with van der Waals surface area (Å²) in [6.45, 7) is 1.00. The molecule has 0 bridgehead atoms. The second kappa shape index (κ2) is 6.78. The van der Waals surface area contributed by atoms with Gasteiger partial charge in [0.15, 0.2) is 0 Å². The van der Waals surface area contributed by atoms with Crippen molar-refractivity contribution in [1.29, 1.82) is 5.26 Å². The summed E-state index contributed by atoms with van der Waals surface area (Å²) in [7, 11) is 0. The highest BCUT2D eigenvalue weighted by Crippen LogP contribution is 2.23. The quantitative estimate of drug-likeness (QED) is 0.901. The van der Waals surface area contributed by atoms with Gasteiger partial charge in [0.2, 0.25) is 0 Å². The molecule has 0 aliphatic heterocycles. The summed E-state index contributed by atoms with van der Waals surface area (Å²) in [5.41, 5.74) is 1.32. The molecule has 1 aromatic carbocycles. The van der Waals surface area contributed by atoms with Gasteiger partial charge in [-0.2, -0.15) is 5.26 Å². The van der Waals surface area contributed by atoms with Crippen LogP contribution >= 0.6 is 11.6 Å². The highest BCUT2D eigenvalue weighted by atomic mass is 35.5. The fraction of sp³-hybridized carbons (Fsp3) is 0.533. The van der Waals surface area contributed by atoms with Crippen molar-refractivity contribution >= 4 is 11.6 Å². The summed E-state index contributed by atoms with van der Waals surface area (Å²) in [6, 6.07) is 11.0. The van der Waals surface area contributed by atoms with Crippen LogP contribution in [0.4, 0.5) is 0 Å². The molecular weight excluding hydrogens is 244 g/mol. The molecule has 18 heavy (non-hydrogen) atoms. The van der Waals surface area contributed by atoms with Crippen molar-refractivity contribution < 1.29 is 0 Å². The molecule has 0 unspecified atom stereocenters. The lowest BCUT2D eigenvalue weighted by Crippen LogP contribution is -2.34. The molecule has 0 amide bonds. The zero-order valence-electron chi connectivity index (χ0n) is 10.5. The molecule has 0 aromatic heterocycles. The molecule has 1 fully saturated rings. The van der Waals surface area contributed by atoms with E-state index in [9.17, 15) is 0 Å². The average Bonchev–Trinajstić information content (AvgIpc) is 2.42. The lowest BCUT2D eigenvalue weighted by Gasteiger charge is -2.25. The molecule has 2 rings (SSSR count). The summed E-state index contributed by atoms with van der Waals surface area (Å²) in [4.78, 5) is 0. The number of rotatable bonds is 4. The van der Waals surface area contributed by atoms with Crippen molar-refractivity contribution in [3.63, 3.8) is 0 Å². The van der Waals surface area contributed by atoms with Crippen LogP contribution in [-0.4, -0.2) is 12.6 Å². The smallest absolute Gasteiger partial charge is 0.0655 e. The number of benzene rings is 1. The average molecular weight is 263 g/mol. The molecule has 1 saturated carbocycles. The molecule has 0 atom stereocenters. The van der Waals surface area contributed by atoms with Gasteiger partial charge in [-0.25, -0.2) is 0 Å². The summed E-state index contributed by atoms with van der Waals surface area (Å²) in [5, 5.41) is 13.2. The van der Waals surface area contributed by atoms with Crippen molar-refractivity contribution in [2.75, 3.05) is 6.54 Å². The van der Waals surface area contributed by atoms with Gasteiger partial charge in [0.25, 0.3) is 0 Å². The minimum atomic E-state index is 0.291. The molecule has 1 aromatic rings. The van der Waals surface area contributed by atoms with E-state index in [1.165, 1.54) is 5.56 Å². The van der Waals surface area contributed by atoms with E-state index in [4.69, 9.17) is 16.9 Å². The Labute approximate surface area is 114 Å². The highest BCUT2D eigenvalue weighted by molar-refractivity contribution is 6.30. The number of nitriles is 1. The molecule has 3 heteroatoms. The molecule has 1 aliphatic carbocycles. The Morgan fingerprint density at radius 3 is 2.44 bits per heavy atom. The lowest BCUT2D eigenvalue weighted by atomic mass is 9.87. The van der Waals surface area contributed by atoms with Crippen LogP contribution in [0.5, 0.6) is 0 Å². The highest BCUT2D eigenvalue weighted by Gasteiger charge is 2.19. The molecule has 1 aliphatic rings. The van der Waals surface area contributed by atoms with E-state index in [0.29, 0.717) is 12.0 Å². The van der Waals surface area contributed by atoms with E-state index in [-0.39, 0.29) is 0 Å². The fourth-order valence-corrected chi connectivity index (χ4v) is 2.62. The van der Waals surface area contributed by atoms with Gasteiger partial charge < -0.3 is 5.32 Å². The third kappa shape index (κ3) is 4.01. The third-order valence-corrected chi connectivity index (χ3v) is 3.92. The maximum absolute atomic E-state index is 8.84. The second-order valence-electron chi connectivity index (χ2n) is 5.01. The first-order valence-electron chi connectivity index (χ1n) is 6.65. The standard InChI is InChI=1S/C15H19ClN2/c16-14-5-1-12(2-6-14)9-10-18-15-7-3-13(11-17)4-8-15/h1-2,5-6,13,15,18H,3-4,7-10H2. The number of nitrogens with zero attached hydrogens (tertiary/aromatic N) is 1. The molecular formula is C15H19ClN2. The summed E-state index contributed by atoms with van der Waals surface area (Å²) < 4.78 is 0. The topological polar surface area (TPSA) is 35.8 Å². The molecule has 0 heterocycles. The van der Waals surface area contributed by atoms with Crippen LogP contribution in [0.1, 0.15) is 31.2 Å². The fourth-order valence-electron chi connectivity index (χ4n) is 2.50. The van der Waals surface area contributed by atoms with Gasteiger partial charge in [-0.1, -0.05) is 23.7 Å². The largest absolute Gasteiger partial charge is 0.314 e. The van der Waals surface area contributed by atoms with Gasteiger partial charge in [-0.15, -0.1) is 0 Å². The van der Waals surface area contributed by atoms with Crippen molar-refractivity contribution in [1.82, 2.24) is 5.32 Å². The van der Waals surface area contributed by atoms with Crippen LogP contribution in [-0.2, 0) is 6.42 Å². The van der Waals surface area contributed by atoms with Crippen molar-refractivity contribution in [2.24, 2.45) is 5.92 Å². The molecule has 96 valence electrons. The van der Waals surface area contributed by atoms with E-state index in [0.717, 1.165) is 43.7 Å². The lowest BCUT2D eigenvalue weighted by molar-refractivity contribution is 0.334. The molecule has 2 nitrogen and oxygen atoms in total. The summed E-state index contributed by atoms with van der Waals surface area (Å²) in [6.07, 6.45) is 5.41. The van der Waals surface area contributed by atoms with Crippen LogP contribution in [0.15, 0.2) is 24.3 Å². The SMILES string of the molecule is N#CC1CCC(NCCc2ccc(Cl)cc2)CC1. The number of halogens is 1. The maximum atomic E-state index is 8.84. The number of nitrogens with one attached hydrogen (secondary N) is 1. The van der Waals surface area contributed by atoms with E-state index < -0.39 is 0 Å². The van der Waals surface area contributed by atoms with Crippen LogP contribution in [0.3, 0.4) is 0 Å². The van der Waals surface area contributed by atoms with Gasteiger partial charge in [0, 0.05) is 17.0 Å². The molecule has 0 saturated heterocycles. The van der Waals surface area contributed by atoms with Gasteiger partial charge in [-0.05, 0) is 56.3 Å². The van der Waals surface area contributed by atoms with Gasteiger partial charge in [-0.3, -0.25) is 0 Å². The predicted molar refractivity (Wildman–Crippen MR) is 74.5 cm³/mol. The predicted octanol–water partition coefficient (Wildman–Crippen LogP) is 3.55. The first kappa shape index (κ1) is 13.4. The Morgan fingerprint density at radius 1 is 1.17 bits per heavy atom. The van der Waals surface area contributed by atoms with Crippen molar-refractivity contribution in [3.05, 3.63) is 34.9 Å². The molecule has 0 spiro atoms. The Hall–Kier alpha value is -1.04. The van der Waals surface area contributed by atoms with E-state index in [1.807, 2.05) is 12.1 Å². The number of hydrogen-bond acceptors (Lipinski definition) is 2. The zero-order chi connectivity index (χ0) is 12.8. The van der Waals surface area contributed by atoms with E-state index >= 15 is 0 Å². The Kier molecular flexibility index (Phi) is 5.04. The normalized spacial score (nSPS) is 23.6. The van der Waals surface area contributed by atoms with Crippen LogP contribution in [0.25, 0.3) is 0 Å². The van der Waals surface area contributed by atoms with Crippen LogP contribution in [0, 0.1) is 17.2 Å². The van der Waals surface area contributed by atoms with E-state index in [2.05, 4.69) is 23.5 Å². The molecule has 0 radical (unpaired) electrons. The van der Waals surface area contributed by atoms with Gasteiger partial charge in [0.1, 0.15) is 0 Å². The van der Waals surface area contributed by atoms with Crippen LogP contribution in [0.2, 0.25) is 5.02 Å². The minimum Gasteiger partial charge on any atom is -0.314 e. The Bertz CT molecular complexity index is 399. The van der Waals surface area contributed by atoms with Crippen molar-refractivity contribution in [2.45, 2.75) is 38.1 Å². The maximum Gasteiger partial charge on any atom is 0.0655 e. The first-order valence-corrected chi connectivity index (χ1v) is 7.03. The van der Waals surface area contributed by atoms with Gasteiger partial charge >= 0.3 is 0 Å². The Morgan fingerprint density at radius 2 is 1.83 bits per heavy atom. The molecule has 1 N–H and O–H groups in total. The third-order valence-electron chi connectivity index (χ3n) is 3.67. The first-order chi connectivity index (χ1) is 8.78. The number of hydrogen-bond donors (Lipinski definition) is 1. The summed E-state index contributed by atoms with van der Waals surface area (Å²) in [5.74, 6) is 0.291. The van der Waals surface area contributed by atoms with Crippen LogP contribution < -0.4 is 5.32 Å². The Balaban J connectivity index is 1.67. The minimum absolute atomic E-state index is 0.291. The second-order valence-corrected chi connectivity index (χ2v) is 5.44. The van der Waals surface area contributed by atoms with Gasteiger partial charge in [0.05, 0.1) is 6.07 Å². The monoisotopic (exact) mass is 262 g/mol. The van der Waals surface area contributed by atoms with E-state index in [1.54, 1.807) is 0 Å². The van der Waals surface area contributed by atoms with Crippen molar-refractivity contribution in [3.8, 4) is 6.07 Å².